The van der Waals surface area contributed by atoms with Crippen LogP contribution in [0.1, 0.15) is 39.2 Å². The molecule has 0 radical (unpaired) electrons. The first kappa shape index (κ1) is 32.2. The predicted octanol–water partition coefficient (Wildman–Crippen LogP) is 0.763. The van der Waals surface area contributed by atoms with Gasteiger partial charge < -0.3 is 25.6 Å². The van der Waals surface area contributed by atoms with Crippen molar-refractivity contribution in [2.45, 2.75) is 58.3 Å². The lowest BCUT2D eigenvalue weighted by molar-refractivity contribution is -0.145. The van der Waals surface area contributed by atoms with Crippen molar-refractivity contribution in [1.29, 1.82) is 0 Å². The van der Waals surface area contributed by atoms with Crippen LogP contribution in [-0.2, 0) is 35.3 Å². The Labute approximate surface area is 234 Å². The van der Waals surface area contributed by atoms with Crippen LogP contribution in [0.25, 0.3) is 0 Å². The van der Waals surface area contributed by atoms with Crippen LogP contribution in [0.4, 0.5) is 4.79 Å². The van der Waals surface area contributed by atoms with Crippen molar-refractivity contribution in [3.63, 3.8) is 0 Å². The van der Waals surface area contributed by atoms with Crippen molar-refractivity contribution in [2.75, 3.05) is 26.7 Å². The molecule has 0 bridgehead atoms. The molecule has 1 aromatic rings. The quantitative estimate of drug-likeness (QED) is 0.162. The monoisotopic (exact) mass is 557 g/mol. The van der Waals surface area contributed by atoms with E-state index in [0.717, 1.165) is 10.5 Å². The van der Waals surface area contributed by atoms with E-state index in [4.69, 9.17) is 4.74 Å². The Balaban J connectivity index is 2.24. The molecule has 1 aromatic carbocycles. The number of benzene rings is 1. The minimum Gasteiger partial charge on any atom is -0.460 e. The number of Topliss-reactive ketones (excluding diaryl/α,β-unsaturated/α-hetero) is 1. The van der Waals surface area contributed by atoms with E-state index in [2.05, 4.69) is 22.5 Å². The number of likely N-dealkylation sites (N-methyl/N-ethyl adjacent to an activating group) is 1. The maximum absolute atomic E-state index is 13.5. The second-order valence-corrected chi connectivity index (χ2v) is 9.75. The number of ketones is 1. The topological polar surface area (TPSA) is 154 Å². The Bertz CT molecular complexity index is 1090. The molecule has 0 saturated carbocycles. The number of ether oxygens (including phenoxy) is 1. The van der Waals surface area contributed by atoms with Gasteiger partial charge in [0.1, 0.15) is 19.2 Å². The number of hydrogen-bond donors (Lipinski definition) is 3. The molecule has 3 N–H and O–H groups in total. The van der Waals surface area contributed by atoms with E-state index in [1.165, 1.54) is 11.0 Å². The third-order valence-corrected chi connectivity index (χ3v) is 6.37. The second kappa shape index (κ2) is 15.5. The summed E-state index contributed by atoms with van der Waals surface area (Å²) in [4.78, 5) is 79.7. The normalized spacial score (nSPS) is 16.3. The molecule has 0 aromatic heterocycles. The SMILES string of the molecule is C=CCOC(=O)CNC(=O)C(=O)C(CCC)NC(=O)C1CN(Cc2ccccc2)C(=O)N1C(=O)C(NC)C(C)C. The van der Waals surface area contributed by atoms with Crippen LogP contribution in [0.3, 0.4) is 0 Å². The van der Waals surface area contributed by atoms with Crippen molar-refractivity contribution in [3.05, 3.63) is 48.6 Å². The van der Waals surface area contributed by atoms with E-state index in [1.54, 1.807) is 14.0 Å². The summed E-state index contributed by atoms with van der Waals surface area (Å²) in [5, 5.41) is 7.67. The molecule has 40 heavy (non-hydrogen) atoms. The summed E-state index contributed by atoms with van der Waals surface area (Å²) in [6.07, 6.45) is 1.94. The van der Waals surface area contributed by atoms with Gasteiger partial charge in [-0.15, -0.1) is 0 Å². The van der Waals surface area contributed by atoms with Crippen LogP contribution in [0, 0.1) is 5.92 Å². The van der Waals surface area contributed by atoms with E-state index in [-0.39, 0.29) is 32.0 Å². The fraction of sp³-hybridized carbons (Fsp3) is 0.500. The number of imide groups is 1. The fourth-order valence-electron chi connectivity index (χ4n) is 4.36. The van der Waals surface area contributed by atoms with E-state index in [9.17, 15) is 28.8 Å². The van der Waals surface area contributed by atoms with Gasteiger partial charge in [-0.3, -0.25) is 24.0 Å². The van der Waals surface area contributed by atoms with Gasteiger partial charge >= 0.3 is 12.0 Å². The second-order valence-electron chi connectivity index (χ2n) is 9.75. The smallest absolute Gasteiger partial charge is 0.327 e. The van der Waals surface area contributed by atoms with Crippen molar-refractivity contribution in [1.82, 2.24) is 25.8 Å². The van der Waals surface area contributed by atoms with Gasteiger partial charge in [-0.1, -0.05) is 70.2 Å². The van der Waals surface area contributed by atoms with Crippen LogP contribution in [0.15, 0.2) is 43.0 Å². The molecule has 3 atom stereocenters. The summed E-state index contributed by atoms with van der Waals surface area (Å²) >= 11 is 0. The maximum atomic E-state index is 13.5. The lowest BCUT2D eigenvalue weighted by Crippen LogP contribution is -2.57. The van der Waals surface area contributed by atoms with Gasteiger partial charge in [0.2, 0.25) is 17.6 Å². The largest absolute Gasteiger partial charge is 0.460 e. The minimum atomic E-state index is -1.22. The fourth-order valence-corrected chi connectivity index (χ4v) is 4.36. The highest BCUT2D eigenvalue weighted by atomic mass is 16.5. The lowest BCUT2D eigenvalue weighted by Gasteiger charge is -2.28. The number of rotatable bonds is 15. The van der Waals surface area contributed by atoms with Gasteiger partial charge in [0, 0.05) is 6.54 Å². The average molecular weight is 558 g/mol. The Hall–Kier alpha value is -4.06. The molecule has 1 fully saturated rings. The van der Waals surface area contributed by atoms with Gasteiger partial charge in [0.05, 0.1) is 18.6 Å². The van der Waals surface area contributed by atoms with Crippen molar-refractivity contribution < 1.29 is 33.5 Å². The van der Waals surface area contributed by atoms with Crippen LogP contribution < -0.4 is 16.0 Å². The summed E-state index contributed by atoms with van der Waals surface area (Å²) in [6.45, 7) is 8.35. The number of carbonyl (C=O) groups excluding carboxylic acids is 6. The van der Waals surface area contributed by atoms with Crippen LogP contribution in [0.5, 0.6) is 0 Å². The van der Waals surface area contributed by atoms with Gasteiger partial charge in [0.15, 0.2) is 0 Å². The zero-order chi connectivity index (χ0) is 29.8. The number of urea groups is 1. The van der Waals surface area contributed by atoms with Crippen LogP contribution >= 0.6 is 0 Å². The van der Waals surface area contributed by atoms with Gasteiger partial charge in [-0.25, -0.2) is 9.69 Å². The number of nitrogens with zero attached hydrogens (tertiary/aromatic N) is 2. The first-order valence-corrected chi connectivity index (χ1v) is 13.3. The Morgan fingerprint density at radius 3 is 2.40 bits per heavy atom. The highest BCUT2D eigenvalue weighted by Gasteiger charge is 2.47. The van der Waals surface area contributed by atoms with Gasteiger partial charge in [-0.2, -0.15) is 0 Å². The Morgan fingerprint density at radius 2 is 1.82 bits per heavy atom. The summed E-state index contributed by atoms with van der Waals surface area (Å²) in [7, 11) is 1.60. The lowest BCUT2D eigenvalue weighted by atomic mass is 10.0. The highest BCUT2D eigenvalue weighted by molar-refractivity contribution is 6.38. The first-order valence-electron chi connectivity index (χ1n) is 13.3. The molecule has 5 amide bonds. The third-order valence-electron chi connectivity index (χ3n) is 6.37. The zero-order valence-electron chi connectivity index (χ0n) is 23.5. The zero-order valence-corrected chi connectivity index (χ0v) is 23.5. The van der Waals surface area contributed by atoms with E-state index in [1.807, 2.05) is 44.2 Å². The maximum Gasteiger partial charge on any atom is 0.327 e. The van der Waals surface area contributed by atoms with E-state index in [0.29, 0.717) is 6.42 Å². The molecular formula is C28H39N5O7. The first-order chi connectivity index (χ1) is 19.0. The molecule has 2 rings (SSSR count). The summed E-state index contributed by atoms with van der Waals surface area (Å²) in [5.41, 5.74) is 0.820. The molecule has 1 saturated heterocycles. The Morgan fingerprint density at radius 1 is 1.15 bits per heavy atom. The van der Waals surface area contributed by atoms with Crippen molar-refractivity contribution in [2.24, 2.45) is 5.92 Å². The standard InChI is InChI=1S/C28H39N5O7/c1-6-11-20(24(35)26(37)30-15-22(34)40-14-7-2)31-25(36)21-17-32(16-19-12-9-8-10-13-19)28(39)33(21)27(38)23(29-5)18(3)4/h7-10,12-13,18,20-21,23,29H,2,6,11,14-17H2,1,3-5H3,(H,30,37)(H,31,36). The van der Waals surface area contributed by atoms with Crippen molar-refractivity contribution >= 4 is 35.5 Å². The molecule has 0 spiro atoms. The average Bonchev–Trinajstić information content (AvgIpc) is 3.26. The minimum absolute atomic E-state index is 0.0427. The summed E-state index contributed by atoms with van der Waals surface area (Å²) in [5.74, 6) is -4.24. The molecule has 1 aliphatic rings. The third kappa shape index (κ3) is 8.47. The Kier molecular flexibility index (Phi) is 12.5. The molecule has 12 nitrogen and oxygen atoms in total. The summed E-state index contributed by atoms with van der Waals surface area (Å²) in [6, 6.07) is 5.36. The van der Waals surface area contributed by atoms with E-state index >= 15 is 0 Å². The highest BCUT2D eigenvalue weighted by Crippen LogP contribution is 2.22. The number of carbonyl (C=O) groups is 6. The van der Waals surface area contributed by atoms with E-state index < -0.39 is 60.2 Å². The van der Waals surface area contributed by atoms with Gasteiger partial charge in [-0.05, 0) is 24.9 Å². The molecule has 1 aliphatic heterocycles. The number of amides is 5. The summed E-state index contributed by atoms with van der Waals surface area (Å²) < 4.78 is 4.77. The molecule has 3 unspecified atom stereocenters. The molecule has 1 heterocycles. The number of esters is 1. The molecule has 218 valence electrons. The van der Waals surface area contributed by atoms with Crippen LogP contribution in [0.2, 0.25) is 0 Å². The van der Waals surface area contributed by atoms with Gasteiger partial charge in [0.25, 0.3) is 5.91 Å². The number of nitrogens with one attached hydrogen (secondary N) is 3. The molecule has 0 aliphatic carbocycles. The molecular weight excluding hydrogens is 518 g/mol. The van der Waals surface area contributed by atoms with Crippen molar-refractivity contribution in [3.8, 4) is 0 Å². The van der Waals surface area contributed by atoms with Crippen LogP contribution in [-0.4, -0.2) is 90.2 Å². The molecule has 12 heteroatoms. The number of hydrogen-bond acceptors (Lipinski definition) is 8. The predicted molar refractivity (Wildman–Crippen MR) is 147 cm³/mol.